The molecule has 0 fully saturated rings. The van der Waals surface area contributed by atoms with Gasteiger partial charge in [-0.2, -0.15) is 0 Å². The van der Waals surface area contributed by atoms with Crippen LogP contribution in [0.4, 0.5) is 5.69 Å². The van der Waals surface area contributed by atoms with Crippen LogP contribution in [0.25, 0.3) is 0 Å². The summed E-state index contributed by atoms with van der Waals surface area (Å²) in [6.45, 7) is 3.05. The quantitative estimate of drug-likeness (QED) is 0.794. The van der Waals surface area contributed by atoms with Gasteiger partial charge in [0.1, 0.15) is 0 Å². The third-order valence-electron chi connectivity index (χ3n) is 3.51. The minimum Gasteiger partial charge on any atom is -0.398 e. The lowest BCUT2D eigenvalue weighted by Gasteiger charge is -2.25. The van der Waals surface area contributed by atoms with E-state index >= 15 is 0 Å². The van der Waals surface area contributed by atoms with Crippen LogP contribution in [0.2, 0.25) is 5.02 Å². The third-order valence-corrected chi connectivity index (χ3v) is 4.45. The molecule has 2 aromatic carbocycles. The Morgan fingerprint density at radius 3 is 2.45 bits per heavy atom. The average molecular weight is 354 g/mol. The van der Waals surface area contributed by atoms with Gasteiger partial charge in [0, 0.05) is 27.8 Å². The number of nitrogen functional groups attached to an aromatic ring is 1. The molecule has 106 valence electrons. The number of anilines is 1. The summed E-state index contributed by atoms with van der Waals surface area (Å²) in [7, 11) is 2.11. The normalized spacial score (nSPS) is 12.7. The first-order valence-electron chi connectivity index (χ1n) is 6.47. The Bertz CT molecular complexity index is 584. The summed E-state index contributed by atoms with van der Waals surface area (Å²) in [6.07, 6.45) is 0. The van der Waals surface area contributed by atoms with Crippen molar-refractivity contribution < 1.29 is 0 Å². The van der Waals surface area contributed by atoms with Gasteiger partial charge in [0.25, 0.3) is 0 Å². The second-order valence-electron chi connectivity index (χ2n) is 5.00. The van der Waals surface area contributed by atoms with Crippen LogP contribution in [0.5, 0.6) is 0 Å². The van der Waals surface area contributed by atoms with E-state index in [9.17, 15) is 0 Å². The highest BCUT2D eigenvalue weighted by molar-refractivity contribution is 9.10. The first-order valence-corrected chi connectivity index (χ1v) is 7.64. The van der Waals surface area contributed by atoms with Crippen LogP contribution in [0.3, 0.4) is 0 Å². The third kappa shape index (κ3) is 3.75. The Labute approximate surface area is 133 Å². The molecule has 0 saturated carbocycles. The standard InChI is InChI=1S/C16H18BrClN2/c1-11(13-4-6-14(18)7-5-13)20(2)10-12-3-8-16(19)15(17)9-12/h3-9,11H,10,19H2,1-2H3. The van der Waals surface area contributed by atoms with Crippen molar-refractivity contribution in [3.8, 4) is 0 Å². The smallest absolute Gasteiger partial charge is 0.0458 e. The highest BCUT2D eigenvalue weighted by Gasteiger charge is 2.12. The van der Waals surface area contributed by atoms with Crippen molar-refractivity contribution in [1.82, 2.24) is 4.90 Å². The molecule has 2 N–H and O–H groups in total. The molecule has 0 aliphatic carbocycles. The van der Waals surface area contributed by atoms with Crippen LogP contribution >= 0.6 is 27.5 Å². The average Bonchev–Trinajstić information content (AvgIpc) is 2.43. The Kier molecular flexibility index (Phi) is 5.08. The van der Waals surface area contributed by atoms with E-state index in [1.165, 1.54) is 11.1 Å². The van der Waals surface area contributed by atoms with Crippen molar-refractivity contribution in [3.63, 3.8) is 0 Å². The SMILES string of the molecule is CC(c1ccc(Cl)cc1)N(C)Cc1ccc(N)c(Br)c1. The molecule has 0 aliphatic rings. The molecule has 1 unspecified atom stereocenters. The van der Waals surface area contributed by atoms with Crippen LogP contribution in [0.15, 0.2) is 46.9 Å². The van der Waals surface area contributed by atoms with E-state index in [0.29, 0.717) is 6.04 Å². The number of halogens is 2. The van der Waals surface area contributed by atoms with Crippen molar-refractivity contribution in [1.29, 1.82) is 0 Å². The summed E-state index contributed by atoms with van der Waals surface area (Å²) in [5, 5.41) is 0.770. The number of hydrogen-bond acceptors (Lipinski definition) is 2. The van der Waals surface area contributed by atoms with E-state index in [1.807, 2.05) is 18.2 Å². The van der Waals surface area contributed by atoms with Crippen LogP contribution < -0.4 is 5.73 Å². The summed E-state index contributed by atoms with van der Waals surface area (Å²) in [6, 6.07) is 14.4. The van der Waals surface area contributed by atoms with Crippen molar-refractivity contribution in [3.05, 3.63) is 63.1 Å². The Hall–Kier alpha value is -1.03. The van der Waals surface area contributed by atoms with Gasteiger partial charge < -0.3 is 5.73 Å². The predicted octanol–water partition coefficient (Wildman–Crippen LogP) is 4.88. The second kappa shape index (κ2) is 6.61. The molecule has 0 aromatic heterocycles. The molecule has 20 heavy (non-hydrogen) atoms. The fourth-order valence-electron chi connectivity index (χ4n) is 2.09. The summed E-state index contributed by atoms with van der Waals surface area (Å²) in [5.41, 5.74) is 9.06. The van der Waals surface area contributed by atoms with Gasteiger partial charge in [0.05, 0.1) is 0 Å². The van der Waals surface area contributed by atoms with Gasteiger partial charge in [-0.15, -0.1) is 0 Å². The molecule has 1 atom stereocenters. The van der Waals surface area contributed by atoms with E-state index in [4.69, 9.17) is 17.3 Å². The Morgan fingerprint density at radius 1 is 1.20 bits per heavy atom. The fraction of sp³-hybridized carbons (Fsp3) is 0.250. The molecule has 0 aliphatic heterocycles. The summed E-state index contributed by atoms with van der Waals surface area (Å²) < 4.78 is 0.947. The molecule has 2 nitrogen and oxygen atoms in total. The Balaban J connectivity index is 2.08. The predicted molar refractivity (Wildman–Crippen MR) is 89.9 cm³/mol. The first-order chi connectivity index (χ1) is 9.47. The monoisotopic (exact) mass is 352 g/mol. The lowest BCUT2D eigenvalue weighted by atomic mass is 10.1. The van der Waals surface area contributed by atoms with Gasteiger partial charge in [-0.25, -0.2) is 0 Å². The zero-order valence-corrected chi connectivity index (χ0v) is 13.9. The lowest BCUT2D eigenvalue weighted by molar-refractivity contribution is 0.253. The molecule has 0 saturated heterocycles. The van der Waals surface area contributed by atoms with E-state index in [2.05, 4.69) is 59.1 Å². The minimum absolute atomic E-state index is 0.323. The van der Waals surface area contributed by atoms with Crippen molar-refractivity contribution in [2.75, 3.05) is 12.8 Å². The maximum absolute atomic E-state index is 5.93. The number of benzene rings is 2. The van der Waals surface area contributed by atoms with Crippen molar-refractivity contribution in [2.45, 2.75) is 19.5 Å². The zero-order valence-electron chi connectivity index (χ0n) is 11.6. The molecule has 2 aromatic rings. The van der Waals surface area contributed by atoms with Gasteiger partial charge in [-0.05, 0) is 65.3 Å². The second-order valence-corrected chi connectivity index (χ2v) is 6.29. The molecule has 0 radical (unpaired) electrons. The molecule has 0 heterocycles. The van der Waals surface area contributed by atoms with Gasteiger partial charge in [0.2, 0.25) is 0 Å². The number of nitrogens with two attached hydrogens (primary N) is 1. The first kappa shape index (κ1) is 15.4. The maximum Gasteiger partial charge on any atom is 0.0458 e. The highest BCUT2D eigenvalue weighted by atomic mass is 79.9. The minimum atomic E-state index is 0.323. The van der Waals surface area contributed by atoms with Crippen LogP contribution in [-0.4, -0.2) is 11.9 Å². The Morgan fingerprint density at radius 2 is 1.85 bits per heavy atom. The van der Waals surface area contributed by atoms with E-state index < -0.39 is 0 Å². The fourth-order valence-corrected chi connectivity index (χ4v) is 2.64. The molecule has 0 spiro atoms. The molecule has 4 heteroatoms. The lowest BCUT2D eigenvalue weighted by Crippen LogP contribution is -2.21. The van der Waals surface area contributed by atoms with Crippen molar-refractivity contribution >= 4 is 33.2 Å². The van der Waals surface area contributed by atoms with Crippen molar-refractivity contribution in [2.24, 2.45) is 0 Å². The number of hydrogen-bond donors (Lipinski definition) is 1. The topological polar surface area (TPSA) is 29.3 Å². The highest BCUT2D eigenvalue weighted by Crippen LogP contribution is 2.25. The van der Waals surface area contributed by atoms with Crippen LogP contribution in [0, 0.1) is 0 Å². The van der Waals surface area contributed by atoms with E-state index in [1.54, 1.807) is 0 Å². The van der Waals surface area contributed by atoms with Gasteiger partial charge in [-0.1, -0.05) is 29.8 Å². The van der Waals surface area contributed by atoms with Crippen LogP contribution in [0.1, 0.15) is 24.1 Å². The molecule has 2 rings (SSSR count). The maximum atomic E-state index is 5.93. The van der Waals surface area contributed by atoms with E-state index in [0.717, 1.165) is 21.7 Å². The van der Waals surface area contributed by atoms with E-state index in [-0.39, 0.29) is 0 Å². The van der Waals surface area contributed by atoms with Crippen LogP contribution in [-0.2, 0) is 6.54 Å². The molecular formula is C16H18BrClN2. The number of nitrogens with zero attached hydrogens (tertiary/aromatic N) is 1. The molecular weight excluding hydrogens is 336 g/mol. The summed E-state index contributed by atoms with van der Waals surface area (Å²) in [4.78, 5) is 2.29. The summed E-state index contributed by atoms with van der Waals surface area (Å²) >= 11 is 9.39. The number of rotatable bonds is 4. The summed E-state index contributed by atoms with van der Waals surface area (Å²) in [5.74, 6) is 0. The van der Waals surface area contributed by atoms with Gasteiger partial charge >= 0.3 is 0 Å². The zero-order chi connectivity index (χ0) is 14.7. The van der Waals surface area contributed by atoms with Gasteiger partial charge in [0.15, 0.2) is 0 Å². The van der Waals surface area contributed by atoms with Gasteiger partial charge in [-0.3, -0.25) is 4.90 Å². The molecule has 0 amide bonds. The molecule has 0 bridgehead atoms. The largest absolute Gasteiger partial charge is 0.398 e.